The number of carbonyl (C=O) groups excluding carboxylic acids is 1. The van der Waals surface area contributed by atoms with Gasteiger partial charge in [0.1, 0.15) is 0 Å². The minimum atomic E-state index is 0.0322. The second kappa shape index (κ2) is 7.76. The molecule has 3 heteroatoms. The van der Waals surface area contributed by atoms with Gasteiger partial charge in [-0.2, -0.15) is 0 Å². The summed E-state index contributed by atoms with van der Waals surface area (Å²) in [5, 5.41) is 3.01. The van der Waals surface area contributed by atoms with Crippen molar-refractivity contribution in [1.29, 1.82) is 0 Å². The van der Waals surface area contributed by atoms with Gasteiger partial charge in [0.25, 0.3) is 0 Å². The van der Waals surface area contributed by atoms with Gasteiger partial charge in [-0.1, -0.05) is 55.0 Å². The van der Waals surface area contributed by atoms with Gasteiger partial charge in [-0.15, -0.1) is 0 Å². The summed E-state index contributed by atoms with van der Waals surface area (Å²) in [7, 11) is 0. The zero-order valence-electron chi connectivity index (χ0n) is 13.6. The summed E-state index contributed by atoms with van der Waals surface area (Å²) in [6.45, 7) is 8.18. The molecule has 2 rings (SSSR count). The fourth-order valence-corrected chi connectivity index (χ4v) is 2.47. The van der Waals surface area contributed by atoms with Crippen LogP contribution < -0.4 is 5.32 Å². The smallest absolute Gasteiger partial charge is 0.238 e. The number of carbonyl (C=O) groups is 1. The summed E-state index contributed by atoms with van der Waals surface area (Å²) in [5.74, 6) is 0.0322. The first-order valence-electron chi connectivity index (χ1n) is 7.72. The molecule has 116 valence electrons. The van der Waals surface area contributed by atoms with E-state index in [9.17, 15) is 4.79 Å². The highest BCUT2D eigenvalue weighted by atomic mass is 16.2. The van der Waals surface area contributed by atoms with E-state index in [0.717, 1.165) is 24.3 Å². The third-order valence-corrected chi connectivity index (χ3v) is 3.72. The molecule has 0 heterocycles. The molecule has 2 aromatic rings. The van der Waals surface area contributed by atoms with Crippen molar-refractivity contribution in [3.63, 3.8) is 0 Å². The van der Waals surface area contributed by atoms with E-state index in [-0.39, 0.29) is 5.91 Å². The summed E-state index contributed by atoms with van der Waals surface area (Å²) in [6.07, 6.45) is 0. The Kier molecular flexibility index (Phi) is 5.73. The Morgan fingerprint density at radius 1 is 1.09 bits per heavy atom. The standard InChI is InChI=1S/C19H24N2O/c1-4-21(13-17-8-6-5-7-9-17)14-19(22)20-18-11-10-15(2)12-16(18)3/h5-12H,4,13-14H2,1-3H3,(H,20,22). The Balaban J connectivity index is 1.94. The highest BCUT2D eigenvalue weighted by Crippen LogP contribution is 2.16. The van der Waals surface area contributed by atoms with Crippen LogP contribution in [0.2, 0.25) is 0 Å². The first kappa shape index (κ1) is 16.2. The molecule has 22 heavy (non-hydrogen) atoms. The van der Waals surface area contributed by atoms with E-state index in [4.69, 9.17) is 0 Å². The number of nitrogens with zero attached hydrogens (tertiary/aromatic N) is 1. The molecule has 3 nitrogen and oxygen atoms in total. The highest BCUT2D eigenvalue weighted by Gasteiger charge is 2.11. The maximum absolute atomic E-state index is 12.3. The van der Waals surface area contributed by atoms with Gasteiger partial charge < -0.3 is 5.32 Å². The van der Waals surface area contributed by atoms with E-state index in [2.05, 4.69) is 42.3 Å². The summed E-state index contributed by atoms with van der Waals surface area (Å²) in [6, 6.07) is 16.3. The fraction of sp³-hybridized carbons (Fsp3) is 0.316. The molecule has 0 atom stereocenters. The summed E-state index contributed by atoms with van der Waals surface area (Å²) < 4.78 is 0. The van der Waals surface area contributed by atoms with E-state index in [1.807, 2.05) is 37.3 Å². The van der Waals surface area contributed by atoms with Crippen LogP contribution in [0, 0.1) is 13.8 Å². The van der Waals surface area contributed by atoms with Gasteiger partial charge in [0.15, 0.2) is 0 Å². The van der Waals surface area contributed by atoms with Gasteiger partial charge in [-0.3, -0.25) is 9.69 Å². The van der Waals surface area contributed by atoms with Crippen LogP contribution in [-0.2, 0) is 11.3 Å². The molecule has 1 amide bonds. The van der Waals surface area contributed by atoms with Crippen molar-refractivity contribution in [3.05, 3.63) is 65.2 Å². The minimum Gasteiger partial charge on any atom is -0.325 e. The topological polar surface area (TPSA) is 32.3 Å². The van der Waals surface area contributed by atoms with Crippen LogP contribution in [0.25, 0.3) is 0 Å². The van der Waals surface area contributed by atoms with E-state index in [1.54, 1.807) is 0 Å². The van der Waals surface area contributed by atoms with E-state index >= 15 is 0 Å². The Bertz CT molecular complexity index is 623. The number of benzene rings is 2. The molecule has 0 saturated carbocycles. The molecule has 0 spiro atoms. The molecule has 1 N–H and O–H groups in total. The van der Waals surface area contributed by atoms with Crippen molar-refractivity contribution in [2.45, 2.75) is 27.3 Å². The van der Waals surface area contributed by atoms with Crippen molar-refractivity contribution < 1.29 is 4.79 Å². The van der Waals surface area contributed by atoms with Crippen molar-refractivity contribution in [2.75, 3.05) is 18.4 Å². The largest absolute Gasteiger partial charge is 0.325 e. The van der Waals surface area contributed by atoms with Crippen LogP contribution in [0.1, 0.15) is 23.6 Å². The lowest BCUT2D eigenvalue weighted by molar-refractivity contribution is -0.117. The monoisotopic (exact) mass is 296 g/mol. The molecule has 0 radical (unpaired) electrons. The first-order chi connectivity index (χ1) is 10.6. The number of amides is 1. The molecular weight excluding hydrogens is 272 g/mol. The predicted molar refractivity (Wildman–Crippen MR) is 91.9 cm³/mol. The highest BCUT2D eigenvalue weighted by molar-refractivity contribution is 5.93. The van der Waals surface area contributed by atoms with Crippen LogP contribution in [0.15, 0.2) is 48.5 Å². The van der Waals surface area contributed by atoms with Crippen molar-refractivity contribution in [2.24, 2.45) is 0 Å². The third-order valence-electron chi connectivity index (χ3n) is 3.72. The average molecular weight is 296 g/mol. The number of hydrogen-bond acceptors (Lipinski definition) is 2. The van der Waals surface area contributed by atoms with E-state index < -0.39 is 0 Å². The number of anilines is 1. The number of rotatable bonds is 6. The maximum Gasteiger partial charge on any atom is 0.238 e. The van der Waals surface area contributed by atoms with Crippen molar-refractivity contribution in [1.82, 2.24) is 4.90 Å². The molecule has 0 saturated heterocycles. The van der Waals surface area contributed by atoms with Crippen LogP contribution in [0.4, 0.5) is 5.69 Å². The number of nitrogens with one attached hydrogen (secondary N) is 1. The quantitative estimate of drug-likeness (QED) is 0.880. The Labute approximate surface area is 133 Å². The fourth-order valence-electron chi connectivity index (χ4n) is 2.47. The first-order valence-corrected chi connectivity index (χ1v) is 7.72. The van der Waals surface area contributed by atoms with Gasteiger partial charge in [0.05, 0.1) is 6.54 Å². The SMILES string of the molecule is CCN(CC(=O)Nc1ccc(C)cc1C)Cc1ccccc1. The van der Waals surface area contributed by atoms with Crippen LogP contribution in [0.5, 0.6) is 0 Å². The van der Waals surface area contributed by atoms with E-state index in [1.165, 1.54) is 11.1 Å². The second-order valence-corrected chi connectivity index (χ2v) is 5.66. The number of likely N-dealkylation sites (N-methyl/N-ethyl adjacent to an activating group) is 1. The molecule has 0 aliphatic heterocycles. The molecule has 0 aromatic heterocycles. The van der Waals surface area contributed by atoms with Crippen molar-refractivity contribution >= 4 is 11.6 Å². The van der Waals surface area contributed by atoms with Gasteiger partial charge in [0.2, 0.25) is 5.91 Å². The predicted octanol–water partition coefficient (Wildman–Crippen LogP) is 3.76. The molecule has 0 fully saturated rings. The maximum atomic E-state index is 12.3. The second-order valence-electron chi connectivity index (χ2n) is 5.66. The van der Waals surface area contributed by atoms with Crippen LogP contribution in [-0.4, -0.2) is 23.9 Å². The van der Waals surface area contributed by atoms with Gasteiger partial charge in [-0.05, 0) is 37.6 Å². The van der Waals surface area contributed by atoms with Crippen molar-refractivity contribution in [3.8, 4) is 0 Å². The van der Waals surface area contributed by atoms with Crippen LogP contribution in [0.3, 0.4) is 0 Å². The molecular formula is C19H24N2O. The summed E-state index contributed by atoms with van der Waals surface area (Å²) >= 11 is 0. The lowest BCUT2D eigenvalue weighted by Crippen LogP contribution is -2.32. The number of hydrogen-bond donors (Lipinski definition) is 1. The lowest BCUT2D eigenvalue weighted by Gasteiger charge is -2.20. The Morgan fingerprint density at radius 3 is 2.45 bits per heavy atom. The molecule has 0 unspecified atom stereocenters. The average Bonchev–Trinajstić information content (AvgIpc) is 2.50. The lowest BCUT2D eigenvalue weighted by atomic mass is 10.1. The molecule has 2 aromatic carbocycles. The van der Waals surface area contributed by atoms with Gasteiger partial charge in [0, 0.05) is 12.2 Å². The van der Waals surface area contributed by atoms with Gasteiger partial charge in [-0.25, -0.2) is 0 Å². The zero-order valence-corrected chi connectivity index (χ0v) is 13.6. The number of aryl methyl sites for hydroxylation is 2. The Morgan fingerprint density at radius 2 is 1.82 bits per heavy atom. The van der Waals surface area contributed by atoms with Gasteiger partial charge >= 0.3 is 0 Å². The third kappa shape index (κ3) is 4.71. The molecule has 0 aliphatic carbocycles. The molecule has 0 aliphatic rings. The van der Waals surface area contributed by atoms with E-state index in [0.29, 0.717) is 6.54 Å². The van der Waals surface area contributed by atoms with Crippen LogP contribution >= 0.6 is 0 Å². The molecule has 0 bridgehead atoms. The Hall–Kier alpha value is -2.13. The summed E-state index contributed by atoms with van der Waals surface area (Å²) in [5.41, 5.74) is 4.42. The summed E-state index contributed by atoms with van der Waals surface area (Å²) in [4.78, 5) is 14.4. The minimum absolute atomic E-state index is 0.0322. The zero-order chi connectivity index (χ0) is 15.9. The normalized spacial score (nSPS) is 10.7.